The van der Waals surface area contributed by atoms with Crippen molar-refractivity contribution in [1.82, 2.24) is 0 Å². The van der Waals surface area contributed by atoms with Crippen molar-refractivity contribution < 1.29 is 8.42 Å². The van der Waals surface area contributed by atoms with Crippen molar-refractivity contribution in [1.29, 1.82) is 0 Å². The van der Waals surface area contributed by atoms with E-state index in [1.54, 1.807) is 12.1 Å². The third-order valence-electron chi connectivity index (χ3n) is 3.85. The summed E-state index contributed by atoms with van der Waals surface area (Å²) in [5, 5.41) is 3.43. The van der Waals surface area contributed by atoms with Gasteiger partial charge in [0.1, 0.15) is 0 Å². The van der Waals surface area contributed by atoms with Crippen molar-refractivity contribution >= 4 is 15.5 Å². The van der Waals surface area contributed by atoms with Crippen molar-refractivity contribution in [3.63, 3.8) is 0 Å². The van der Waals surface area contributed by atoms with Crippen LogP contribution in [0.2, 0.25) is 0 Å². The molecule has 106 valence electrons. The molecule has 0 spiro atoms. The third kappa shape index (κ3) is 3.72. The quantitative estimate of drug-likeness (QED) is 0.922. The van der Waals surface area contributed by atoms with Gasteiger partial charge in [-0.25, -0.2) is 8.42 Å². The van der Waals surface area contributed by atoms with Crippen molar-refractivity contribution in [2.45, 2.75) is 50.5 Å². The van der Waals surface area contributed by atoms with Gasteiger partial charge in [-0.05, 0) is 36.8 Å². The summed E-state index contributed by atoms with van der Waals surface area (Å²) in [6.45, 7) is 4.56. The van der Waals surface area contributed by atoms with Gasteiger partial charge >= 0.3 is 0 Å². The molecule has 0 heterocycles. The highest BCUT2D eigenvalue weighted by molar-refractivity contribution is 7.90. The molecule has 3 nitrogen and oxygen atoms in total. The highest BCUT2D eigenvalue weighted by Crippen LogP contribution is 2.37. The summed E-state index contributed by atoms with van der Waals surface area (Å²) >= 11 is 0. The van der Waals surface area contributed by atoms with E-state index in [1.807, 2.05) is 12.1 Å². The van der Waals surface area contributed by atoms with Crippen LogP contribution >= 0.6 is 0 Å². The normalized spacial score (nSPS) is 23.0. The van der Waals surface area contributed by atoms with Gasteiger partial charge in [0.25, 0.3) is 0 Å². The van der Waals surface area contributed by atoms with Gasteiger partial charge in [-0.15, -0.1) is 0 Å². The molecule has 1 atom stereocenters. The van der Waals surface area contributed by atoms with Crippen molar-refractivity contribution in [2.75, 3.05) is 11.6 Å². The van der Waals surface area contributed by atoms with Gasteiger partial charge in [0, 0.05) is 12.3 Å². The fourth-order valence-corrected chi connectivity index (χ4v) is 3.80. The molecule has 0 aliphatic heterocycles. The number of hydrogen-bond donors (Lipinski definition) is 1. The number of benzene rings is 1. The van der Waals surface area contributed by atoms with Crippen LogP contribution in [-0.2, 0) is 9.84 Å². The Labute approximate surface area is 116 Å². The molecule has 1 aliphatic rings. The monoisotopic (exact) mass is 281 g/mol. The number of rotatable bonds is 3. The molecule has 1 saturated carbocycles. The zero-order valence-electron chi connectivity index (χ0n) is 11.9. The van der Waals surface area contributed by atoms with E-state index < -0.39 is 9.84 Å². The van der Waals surface area contributed by atoms with Crippen LogP contribution in [0.5, 0.6) is 0 Å². The first-order chi connectivity index (χ1) is 8.78. The number of para-hydroxylation sites is 1. The zero-order valence-corrected chi connectivity index (χ0v) is 12.8. The Balaban J connectivity index is 2.20. The summed E-state index contributed by atoms with van der Waals surface area (Å²) in [7, 11) is -3.18. The second-order valence-electron chi connectivity index (χ2n) is 6.37. The van der Waals surface area contributed by atoms with Gasteiger partial charge in [0.15, 0.2) is 9.84 Å². The molecule has 1 fully saturated rings. The van der Waals surface area contributed by atoms with Crippen LogP contribution in [0.25, 0.3) is 0 Å². The number of nitrogens with one attached hydrogen (secondary N) is 1. The van der Waals surface area contributed by atoms with E-state index in [0.717, 1.165) is 18.5 Å². The molecule has 0 saturated heterocycles. The molecule has 1 unspecified atom stereocenters. The summed E-state index contributed by atoms with van der Waals surface area (Å²) in [5.74, 6) is 0. The molecule has 0 amide bonds. The minimum absolute atomic E-state index is 0.343. The molecule has 0 radical (unpaired) electrons. The summed E-state index contributed by atoms with van der Waals surface area (Å²) in [5.41, 5.74) is 1.09. The van der Waals surface area contributed by atoms with Gasteiger partial charge in [0.2, 0.25) is 0 Å². The fraction of sp³-hybridized carbons (Fsp3) is 0.600. The Hall–Kier alpha value is -1.03. The van der Waals surface area contributed by atoms with E-state index in [-0.39, 0.29) is 0 Å². The van der Waals surface area contributed by atoms with Crippen LogP contribution in [0.15, 0.2) is 29.2 Å². The zero-order chi connectivity index (χ0) is 14.1. The highest BCUT2D eigenvalue weighted by Gasteiger charge is 2.28. The molecule has 1 aromatic carbocycles. The Morgan fingerprint density at radius 3 is 2.58 bits per heavy atom. The number of hydrogen-bond acceptors (Lipinski definition) is 3. The SMILES string of the molecule is CC1(C)CCCC(Nc2ccccc2S(C)(=O)=O)C1. The van der Waals surface area contributed by atoms with E-state index >= 15 is 0 Å². The van der Waals surface area contributed by atoms with E-state index in [4.69, 9.17) is 0 Å². The highest BCUT2D eigenvalue weighted by atomic mass is 32.2. The van der Waals surface area contributed by atoms with Gasteiger partial charge in [-0.2, -0.15) is 0 Å². The van der Waals surface area contributed by atoms with E-state index in [1.165, 1.54) is 19.1 Å². The maximum Gasteiger partial charge on any atom is 0.177 e. The van der Waals surface area contributed by atoms with Gasteiger partial charge in [0.05, 0.1) is 10.6 Å². The molecule has 0 bridgehead atoms. The largest absolute Gasteiger partial charge is 0.381 e. The first-order valence-corrected chi connectivity index (χ1v) is 8.73. The van der Waals surface area contributed by atoms with Crippen LogP contribution < -0.4 is 5.32 Å². The molecule has 1 aromatic rings. The van der Waals surface area contributed by atoms with Gasteiger partial charge in [-0.1, -0.05) is 32.4 Å². The summed E-state index contributed by atoms with van der Waals surface area (Å²) in [6, 6.07) is 7.55. The van der Waals surface area contributed by atoms with Crippen LogP contribution in [0, 0.1) is 5.41 Å². The molecule has 19 heavy (non-hydrogen) atoms. The molecule has 1 aliphatic carbocycles. The first kappa shape index (κ1) is 14.4. The average Bonchev–Trinajstić information content (AvgIpc) is 2.26. The predicted molar refractivity (Wildman–Crippen MR) is 79.2 cm³/mol. The lowest BCUT2D eigenvalue weighted by Gasteiger charge is -2.36. The molecular weight excluding hydrogens is 258 g/mol. The van der Waals surface area contributed by atoms with Crippen LogP contribution in [0.4, 0.5) is 5.69 Å². The molecule has 4 heteroatoms. The maximum atomic E-state index is 11.8. The lowest BCUT2D eigenvalue weighted by atomic mass is 9.75. The molecule has 1 N–H and O–H groups in total. The fourth-order valence-electron chi connectivity index (χ4n) is 2.95. The van der Waals surface area contributed by atoms with Crippen LogP contribution in [0.3, 0.4) is 0 Å². The predicted octanol–water partition coefficient (Wildman–Crippen LogP) is 3.47. The molecule has 2 rings (SSSR count). The third-order valence-corrected chi connectivity index (χ3v) is 5.01. The number of sulfone groups is 1. The van der Waals surface area contributed by atoms with E-state index in [2.05, 4.69) is 19.2 Å². The summed E-state index contributed by atoms with van der Waals surface area (Å²) in [4.78, 5) is 0.401. The Morgan fingerprint density at radius 2 is 1.95 bits per heavy atom. The van der Waals surface area contributed by atoms with E-state index in [0.29, 0.717) is 16.4 Å². The summed E-state index contributed by atoms with van der Waals surface area (Å²) in [6.07, 6.45) is 5.91. The average molecular weight is 281 g/mol. The Bertz CT molecular complexity index is 549. The first-order valence-electron chi connectivity index (χ1n) is 6.84. The topological polar surface area (TPSA) is 46.2 Å². The molecule has 0 aromatic heterocycles. The standard InChI is InChI=1S/C15H23NO2S/c1-15(2)10-6-7-12(11-15)16-13-8-4-5-9-14(13)19(3,17)18/h4-5,8-9,12,16H,6-7,10-11H2,1-3H3. The van der Waals surface area contributed by atoms with Crippen molar-refractivity contribution in [3.05, 3.63) is 24.3 Å². The smallest absolute Gasteiger partial charge is 0.177 e. The Kier molecular flexibility index (Phi) is 3.90. The van der Waals surface area contributed by atoms with Crippen LogP contribution in [-0.4, -0.2) is 20.7 Å². The summed E-state index contributed by atoms with van der Waals surface area (Å²) < 4.78 is 23.6. The lowest BCUT2D eigenvalue weighted by molar-refractivity contribution is 0.229. The molecular formula is C15H23NO2S. The minimum atomic E-state index is -3.18. The second kappa shape index (κ2) is 5.16. The Morgan fingerprint density at radius 1 is 1.26 bits per heavy atom. The minimum Gasteiger partial charge on any atom is -0.381 e. The van der Waals surface area contributed by atoms with Crippen molar-refractivity contribution in [3.8, 4) is 0 Å². The number of anilines is 1. The van der Waals surface area contributed by atoms with E-state index in [9.17, 15) is 8.42 Å². The van der Waals surface area contributed by atoms with Crippen LogP contribution in [0.1, 0.15) is 39.5 Å². The van der Waals surface area contributed by atoms with Gasteiger partial charge in [-0.3, -0.25) is 0 Å². The van der Waals surface area contributed by atoms with Crippen molar-refractivity contribution in [2.24, 2.45) is 5.41 Å². The maximum absolute atomic E-state index is 11.8. The second-order valence-corrected chi connectivity index (χ2v) is 8.35. The van der Waals surface area contributed by atoms with Gasteiger partial charge < -0.3 is 5.32 Å². The lowest BCUT2D eigenvalue weighted by Crippen LogP contribution is -2.32.